The molecule has 13 nitrogen and oxygen atoms in total. The van der Waals surface area contributed by atoms with Gasteiger partial charge in [0.05, 0.1) is 30.4 Å². The van der Waals surface area contributed by atoms with Crippen LogP contribution in [0.2, 0.25) is 0 Å². The Bertz CT molecular complexity index is 1680. The first kappa shape index (κ1) is 37.6. The number of hydrogen-bond acceptors (Lipinski definition) is 9. The van der Waals surface area contributed by atoms with Gasteiger partial charge in [0, 0.05) is 44.0 Å². The van der Waals surface area contributed by atoms with Gasteiger partial charge in [-0.15, -0.1) is 0 Å². The Labute approximate surface area is 286 Å². The van der Waals surface area contributed by atoms with Crippen LogP contribution < -0.4 is 14.8 Å². The van der Waals surface area contributed by atoms with Gasteiger partial charge in [-0.2, -0.15) is 0 Å². The zero-order valence-electron chi connectivity index (χ0n) is 28.7. The van der Waals surface area contributed by atoms with Crippen molar-refractivity contribution in [3.63, 3.8) is 0 Å². The minimum Gasteiger partial charge on any atom is -0.490 e. The Morgan fingerprint density at radius 1 is 1.14 bits per heavy atom. The number of amides is 3. The number of sulfonamides is 1. The van der Waals surface area contributed by atoms with E-state index in [1.54, 1.807) is 20.0 Å². The van der Waals surface area contributed by atoms with Gasteiger partial charge in [-0.3, -0.25) is 9.52 Å². The summed E-state index contributed by atoms with van der Waals surface area (Å²) >= 11 is 0. The van der Waals surface area contributed by atoms with Crippen molar-refractivity contribution in [3.8, 4) is 5.75 Å². The number of nitrogens with zero attached hydrogens (tertiary/aromatic N) is 3. The third kappa shape index (κ3) is 9.70. The summed E-state index contributed by atoms with van der Waals surface area (Å²) in [5.41, 5.74) is 0.881. The maximum atomic E-state index is 14.4. The first-order valence-electron chi connectivity index (χ1n) is 16.3. The Morgan fingerprint density at radius 3 is 2.49 bits per heavy atom. The molecule has 0 saturated heterocycles. The first-order chi connectivity index (χ1) is 23.2. The first-order valence-corrected chi connectivity index (χ1v) is 17.8. The van der Waals surface area contributed by atoms with Crippen LogP contribution in [0.1, 0.15) is 61.8 Å². The van der Waals surface area contributed by atoms with Crippen LogP contribution in [0.4, 0.5) is 20.6 Å². The van der Waals surface area contributed by atoms with Gasteiger partial charge in [-0.1, -0.05) is 12.1 Å². The summed E-state index contributed by atoms with van der Waals surface area (Å²) in [6.45, 7) is 8.94. The average Bonchev–Trinajstić information content (AvgIpc) is 3.41. The second kappa shape index (κ2) is 16.5. The predicted molar refractivity (Wildman–Crippen MR) is 182 cm³/mol. The maximum Gasteiger partial charge on any atom is 0.321 e. The molecular weight excluding hydrogens is 657 g/mol. The molecule has 0 fully saturated rings. The number of nitrogens with one attached hydrogen (secondary N) is 2. The predicted octanol–water partition coefficient (Wildman–Crippen LogP) is 5.19. The number of aryl methyl sites for hydroxylation is 2. The Kier molecular flexibility index (Phi) is 12.6. The van der Waals surface area contributed by atoms with Gasteiger partial charge >= 0.3 is 6.03 Å². The van der Waals surface area contributed by atoms with Crippen LogP contribution in [-0.4, -0.2) is 92.0 Å². The molecule has 2 heterocycles. The van der Waals surface area contributed by atoms with Crippen molar-refractivity contribution >= 4 is 33.3 Å². The lowest BCUT2D eigenvalue weighted by Gasteiger charge is -2.35. The molecule has 0 saturated carbocycles. The molecule has 0 radical (unpaired) electrons. The molecule has 0 unspecified atom stereocenters. The number of carbonyl (C=O) groups is 2. The number of rotatable bonds is 8. The third-order valence-corrected chi connectivity index (χ3v) is 10.1. The fourth-order valence-corrected chi connectivity index (χ4v) is 7.00. The summed E-state index contributed by atoms with van der Waals surface area (Å²) in [6.07, 6.45) is 1.39. The number of benzene rings is 2. The average molecular weight is 704 g/mol. The topological polar surface area (TPSA) is 164 Å². The maximum absolute atomic E-state index is 14.4. The highest BCUT2D eigenvalue weighted by Crippen LogP contribution is 2.30. The van der Waals surface area contributed by atoms with Crippen LogP contribution in [0.25, 0.3) is 0 Å². The summed E-state index contributed by atoms with van der Waals surface area (Å²) < 4.78 is 60.1. The number of aliphatic hydroxyl groups excluding tert-OH is 1. The molecule has 268 valence electrons. The van der Waals surface area contributed by atoms with E-state index in [2.05, 4.69) is 15.2 Å². The molecule has 1 aliphatic rings. The van der Waals surface area contributed by atoms with E-state index >= 15 is 0 Å². The summed E-state index contributed by atoms with van der Waals surface area (Å²) in [5.74, 6) is -0.798. The van der Waals surface area contributed by atoms with Gasteiger partial charge < -0.3 is 34.2 Å². The largest absolute Gasteiger partial charge is 0.490 e. The van der Waals surface area contributed by atoms with Gasteiger partial charge in [-0.25, -0.2) is 17.6 Å². The van der Waals surface area contributed by atoms with Crippen molar-refractivity contribution in [3.05, 3.63) is 65.3 Å². The molecule has 15 heteroatoms. The molecule has 1 aromatic heterocycles. The molecule has 3 amide bonds. The van der Waals surface area contributed by atoms with E-state index in [1.807, 2.05) is 13.8 Å². The van der Waals surface area contributed by atoms with Crippen molar-refractivity contribution in [1.82, 2.24) is 15.0 Å². The molecule has 0 spiro atoms. The number of aliphatic hydroxyl groups is 1. The van der Waals surface area contributed by atoms with Crippen molar-refractivity contribution in [1.29, 1.82) is 0 Å². The second-order valence-electron chi connectivity index (χ2n) is 12.6. The van der Waals surface area contributed by atoms with Crippen molar-refractivity contribution < 1.29 is 41.5 Å². The highest BCUT2D eigenvalue weighted by Gasteiger charge is 2.32. The van der Waals surface area contributed by atoms with Crippen LogP contribution in [0, 0.1) is 25.6 Å². The number of ether oxygens (including phenoxy) is 2. The van der Waals surface area contributed by atoms with Crippen LogP contribution >= 0.6 is 0 Å². The van der Waals surface area contributed by atoms with Crippen LogP contribution in [0.3, 0.4) is 0 Å². The number of carbonyl (C=O) groups excluding carboxylic acids is 2. The molecule has 2 aromatic carbocycles. The lowest BCUT2D eigenvalue weighted by atomic mass is 10.0. The van der Waals surface area contributed by atoms with Crippen molar-refractivity contribution in [2.24, 2.45) is 5.92 Å². The molecule has 0 aliphatic carbocycles. The molecule has 49 heavy (non-hydrogen) atoms. The molecular formula is C34H46FN5O8S. The van der Waals surface area contributed by atoms with Crippen molar-refractivity contribution in [2.45, 2.75) is 77.0 Å². The van der Waals surface area contributed by atoms with E-state index in [9.17, 15) is 27.5 Å². The van der Waals surface area contributed by atoms with Gasteiger partial charge in [0.25, 0.3) is 15.9 Å². The Hall–Kier alpha value is -4.21. The number of urea groups is 1. The zero-order valence-corrected chi connectivity index (χ0v) is 29.5. The standard InChI is InChI=1S/C34H46FN5O8S/c1-21-18-40(22(2)20-41)33(42)29-17-28(38-49(44,45)32-24(4)37-48-25(32)5)14-15-30(29)47-23(3)9-7-8-16-46-31(21)19-39(6)34(43)36-27-12-10-26(35)11-13-27/h10-15,17,21-23,31,38,41H,7-9,16,18-20H2,1-6H3,(H,36,43)/t21-,22+,23-,31-/m0/s1. The molecule has 3 aromatic rings. The van der Waals surface area contributed by atoms with E-state index in [4.69, 9.17) is 14.0 Å². The van der Waals surface area contributed by atoms with E-state index in [-0.39, 0.29) is 65.1 Å². The number of hydrogen-bond donors (Lipinski definition) is 3. The molecule has 4 rings (SSSR count). The minimum atomic E-state index is -4.11. The van der Waals surface area contributed by atoms with E-state index in [0.717, 1.165) is 12.8 Å². The fraction of sp³-hybridized carbons (Fsp3) is 0.500. The summed E-state index contributed by atoms with van der Waals surface area (Å²) in [4.78, 5) is 30.3. The smallest absolute Gasteiger partial charge is 0.321 e. The van der Waals surface area contributed by atoms with Crippen LogP contribution in [0.5, 0.6) is 5.75 Å². The highest BCUT2D eigenvalue weighted by atomic mass is 32.2. The minimum absolute atomic E-state index is 0.0875. The van der Waals surface area contributed by atoms with Gasteiger partial charge in [-0.05, 0) is 89.4 Å². The zero-order chi connectivity index (χ0) is 35.9. The molecule has 4 atom stereocenters. The highest BCUT2D eigenvalue weighted by molar-refractivity contribution is 7.92. The van der Waals surface area contributed by atoms with Gasteiger partial charge in [0.15, 0.2) is 10.7 Å². The third-order valence-electron chi connectivity index (χ3n) is 8.44. The van der Waals surface area contributed by atoms with Gasteiger partial charge in [0.1, 0.15) is 17.3 Å². The molecule has 0 bridgehead atoms. The SMILES string of the molecule is Cc1noc(C)c1S(=O)(=O)Nc1ccc2c(c1)C(=O)N([C@H](C)CO)C[C@H](C)[C@H](CN(C)C(=O)Nc1ccc(F)cc1)OCCCC[C@H](C)O2. The lowest BCUT2D eigenvalue weighted by molar-refractivity contribution is -0.0115. The number of fused-ring (bicyclic) bond motifs is 1. The monoisotopic (exact) mass is 703 g/mol. The quantitative estimate of drug-likeness (QED) is 0.287. The summed E-state index contributed by atoms with van der Waals surface area (Å²) in [6, 6.07) is 8.92. The molecule has 1 aliphatic heterocycles. The summed E-state index contributed by atoms with van der Waals surface area (Å²) in [7, 11) is -2.48. The lowest BCUT2D eigenvalue weighted by Crippen LogP contribution is -2.48. The number of anilines is 2. The number of aromatic nitrogens is 1. The van der Waals surface area contributed by atoms with E-state index < -0.39 is 39.9 Å². The Balaban J connectivity index is 1.63. The van der Waals surface area contributed by atoms with Crippen LogP contribution in [0.15, 0.2) is 51.9 Å². The number of halogens is 1. The van der Waals surface area contributed by atoms with E-state index in [0.29, 0.717) is 18.7 Å². The van der Waals surface area contributed by atoms with Gasteiger partial charge in [0.2, 0.25) is 0 Å². The Morgan fingerprint density at radius 2 is 1.84 bits per heavy atom. The normalized spacial score (nSPS) is 20.0. The van der Waals surface area contributed by atoms with Crippen LogP contribution in [-0.2, 0) is 14.8 Å². The van der Waals surface area contributed by atoms with Crippen molar-refractivity contribution in [2.75, 3.05) is 43.4 Å². The summed E-state index contributed by atoms with van der Waals surface area (Å²) in [5, 5.41) is 16.7. The fourth-order valence-electron chi connectivity index (χ4n) is 5.62. The van der Waals surface area contributed by atoms with E-state index in [1.165, 1.54) is 60.0 Å². The number of likely N-dealkylation sites (N-methyl/N-ethyl adjacent to an activating group) is 1. The second-order valence-corrected chi connectivity index (χ2v) is 14.2. The molecule has 3 N–H and O–H groups in total.